The van der Waals surface area contributed by atoms with E-state index in [4.69, 9.17) is 16.3 Å². The largest absolute Gasteiger partial charge is 0.464 e. The minimum atomic E-state index is -0.580. The molecule has 1 saturated carbocycles. The number of esters is 1. The summed E-state index contributed by atoms with van der Waals surface area (Å²) in [5.74, 6) is -0.154. The number of nitrogens with one attached hydrogen (secondary N) is 1. The molecular weight excluding hydrogens is 330 g/mol. The molecule has 0 amide bonds. The molecule has 0 heterocycles. The van der Waals surface area contributed by atoms with Gasteiger partial charge < -0.3 is 10.1 Å². The molecule has 19 heavy (non-hydrogen) atoms. The van der Waals surface area contributed by atoms with E-state index in [-0.39, 0.29) is 5.97 Å². The van der Waals surface area contributed by atoms with Crippen LogP contribution in [0.25, 0.3) is 0 Å². The molecule has 0 atom stereocenters. The summed E-state index contributed by atoms with van der Waals surface area (Å²) < 4.78 is 6.03. The highest BCUT2D eigenvalue weighted by Gasteiger charge is 2.42. The van der Waals surface area contributed by atoms with E-state index in [1.807, 2.05) is 25.1 Å². The van der Waals surface area contributed by atoms with Crippen LogP contribution in [0, 0.1) is 0 Å². The van der Waals surface area contributed by atoms with Gasteiger partial charge in [0.2, 0.25) is 0 Å². The van der Waals surface area contributed by atoms with Crippen LogP contribution in [-0.2, 0) is 9.53 Å². The fraction of sp³-hybridized carbons (Fsp3) is 0.500. The number of halogens is 2. The van der Waals surface area contributed by atoms with Crippen molar-refractivity contribution in [2.75, 3.05) is 11.9 Å². The molecule has 0 aliphatic heterocycles. The van der Waals surface area contributed by atoms with E-state index in [9.17, 15) is 4.79 Å². The maximum absolute atomic E-state index is 12.2. The van der Waals surface area contributed by atoms with Crippen molar-refractivity contribution >= 4 is 39.2 Å². The molecule has 0 spiro atoms. The van der Waals surface area contributed by atoms with Crippen molar-refractivity contribution in [3.8, 4) is 0 Å². The maximum Gasteiger partial charge on any atom is 0.331 e. The fourth-order valence-electron chi connectivity index (χ4n) is 2.48. The van der Waals surface area contributed by atoms with Crippen molar-refractivity contribution in [3.63, 3.8) is 0 Å². The Morgan fingerprint density at radius 1 is 1.47 bits per heavy atom. The topological polar surface area (TPSA) is 38.3 Å². The zero-order valence-electron chi connectivity index (χ0n) is 10.8. The van der Waals surface area contributed by atoms with Gasteiger partial charge in [-0.3, -0.25) is 0 Å². The lowest BCUT2D eigenvalue weighted by molar-refractivity contribution is -0.148. The van der Waals surface area contributed by atoms with Crippen molar-refractivity contribution in [1.29, 1.82) is 0 Å². The molecule has 1 aromatic rings. The summed E-state index contributed by atoms with van der Waals surface area (Å²) in [6, 6.07) is 5.58. The Balaban J connectivity index is 2.21. The van der Waals surface area contributed by atoms with Crippen LogP contribution in [0.1, 0.15) is 32.6 Å². The number of hydrogen-bond donors (Lipinski definition) is 1. The second-order valence-corrected chi connectivity index (χ2v) is 6.03. The lowest BCUT2D eigenvalue weighted by atomic mass is 9.97. The first-order chi connectivity index (χ1) is 9.07. The number of hydrogen-bond acceptors (Lipinski definition) is 3. The minimum absolute atomic E-state index is 0.154. The standard InChI is InChI=1S/C14H17BrClNO2/c1-2-19-13(18)14(7-3-4-8-14)17-10-5-6-12(16)11(15)9-10/h5-6,9,17H,2-4,7-8H2,1H3. The Morgan fingerprint density at radius 2 is 2.16 bits per heavy atom. The summed E-state index contributed by atoms with van der Waals surface area (Å²) in [6.07, 6.45) is 3.71. The predicted octanol–water partition coefficient (Wildman–Crippen LogP) is 4.39. The SMILES string of the molecule is CCOC(=O)C1(Nc2ccc(Cl)c(Br)c2)CCCC1. The molecule has 1 N–H and O–H groups in total. The first kappa shape index (κ1) is 14.7. The van der Waals surface area contributed by atoms with Crippen LogP contribution in [0.15, 0.2) is 22.7 Å². The smallest absolute Gasteiger partial charge is 0.331 e. The van der Waals surface area contributed by atoms with Gasteiger partial charge in [-0.05, 0) is 53.9 Å². The van der Waals surface area contributed by atoms with Gasteiger partial charge in [0, 0.05) is 10.2 Å². The number of ether oxygens (including phenoxy) is 1. The summed E-state index contributed by atoms with van der Waals surface area (Å²) >= 11 is 9.37. The summed E-state index contributed by atoms with van der Waals surface area (Å²) in [5.41, 5.74) is 0.301. The third-order valence-electron chi connectivity index (χ3n) is 3.43. The molecule has 5 heteroatoms. The third kappa shape index (κ3) is 3.23. The normalized spacial score (nSPS) is 17.2. The summed E-state index contributed by atoms with van der Waals surface area (Å²) in [4.78, 5) is 12.2. The number of carbonyl (C=O) groups excluding carboxylic acids is 1. The van der Waals surface area contributed by atoms with E-state index in [2.05, 4.69) is 21.2 Å². The summed E-state index contributed by atoms with van der Waals surface area (Å²) in [7, 11) is 0. The molecule has 0 radical (unpaired) electrons. The first-order valence-electron chi connectivity index (χ1n) is 6.48. The van der Waals surface area contributed by atoms with Crippen molar-refractivity contribution < 1.29 is 9.53 Å². The highest BCUT2D eigenvalue weighted by Crippen LogP contribution is 2.35. The second-order valence-electron chi connectivity index (χ2n) is 4.76. The number of carbonyl (C=O) groups is 1. The van der Waals surface area contributed by atoms with Gasteiger partial charge in [-0.15, -0.1) is 0 Å². The molecule has 0 saturated heterocycles. The number of benzene rings is 1. The van der Waals surface area contributed by atoms with Crippen molar-refractivity contribution in [1.82, 2.24) is 0 Å². The summed E-state index contributed by atoms with van der Waals surface area (Å²) in [6.45, 7) is 2.24. The Kier molecular flexibility index (Phi) is 4.74. The van der Waals surface area contributed by atoms with Crippen LogP contribution in [0.2, 0.25) is 5.02 Å². The van der Waals surface area contributed by atoms with Gasteiger partial charge in [0.15, 0.2) is 0 Å². The van der Waals surface area contributed by atoms with E-state index in [1.54, 1.807) is 0 Å². The van der Waals surface area contributed by atoms with Crippen LogP contribution in [0.4, 0.5) is 5.69 Å². The molecule has 1 aliphatic rings. The van der Waals surface area contributed by atoms with Crippen LogP contribution in [0.3, 0.4) is 0 Å². The van der Waals surface area contributed by atoms with E-state index in [0.717, 1.165) is 35.8 Å². The molecule has 1 aromatic carbocycles. The monoisotopic (exact) mass is 345 g/mol. The van der Waals surface area contributed by atoms with Crippen molar-refractivity contribution in [3.05, 3.63) is 27.7 Å². The Hall–Kier alpha value is -0.740. The van der Waals surface area contributed by atoms with Gasteiger partial charge >= 0.3 is 5.97 Å². The van der Waals surface area contributed by atoms with Gasteiger partial charge in [0.25, 0.3) is 0 Å². The molecule has 0 bridgehead atoms. The van der Waals surface area contributed by atoms with Gasteiger partial charge in [-0.2, -0.15) is 0 Å². The lowest BCUT2D eigenvalue weighted by Gasteiger charge is -2.29. The molecule has 0 unspecified atom stereocenters. The average Bonchev–Trinajstić information content (AvgIpc) is 2.84. The number of rotatable bonds is 4. The quantitative estimate of drug-likeness (QED) is 0.822. The van der Waals surface area contributed by atoms with Gasteiger partial charge in [0.05, 0.1) is 11.6 Å². The van der Waals surface area contributed by atoms with Crippen LogP contribution < -0.4 is 5.32 Å². The molecule has 104 valence electrons. The molecule has 1 fully saturated rings. The van der Waals surface area contributed by atoms with E-state index < -0.39 is 5.54 Å². The summed E-state index contributed by atoms with van der Waals surface area (Å²) in [5, 5.41) is 4.00. The Bertz CT molecular complexity index is 473. The average molecular weight is 347 g/mol. The van der Waals surface area contributed by atoms with Crippen LogP contribution in [0.5, 0.6) is 0 Å². The van der Waals surface area contributed by atoms with Crippen molar-refractivity contribution in [2.24, 2.45) is 0 Å². The maximum atomic E-state index is 12.2. The molecule has 3 nitrogen and oxygen atoms in total. The predicted molar refractivity (Wildman–Crippen MR) is 80.6 cm³/mol. The highest BCUT2D eigenvalue weighted by molar-refractivity contribution is 9.10. The van der Waals surface area contributed by atoms with E-state index in [1.165, 1.54) is 0 Å². The fourth-order valence-corrected chi connectivity index (χ4v) is 2.97. The Morgan fingerprint density at radius 3 is 2.74 bits per heavy atom. The first-order valence-corrected chi connectivity index (χ1v) is 7.65. The zero-order chi connectivity index (χ0) is 13.9. The van der Waals surface area contributed by atoms with E-state index >= 15 is 0 Å². The number of anilines is 1. The molecular formula is C14H17BrClNO2. The van der Waals surface area contributed by atoms with Gasteiger partial charge in [-0.1, -0.05) is 24.4 Å². The van der Waals surface area contributed by atoms with Crippen molar-refractivity contribution in [2.45, 2.75) is 38.1 Å². The van der Waals surface area contributed by atoms with E-state index in [0.29, 0.717) is 11.6 Å². The highest BCUT2D eigenvalue weighted by atomic mass is 79.9. The second kappa shape index (κ2) is 6.14. The minimum Gasteiger partial charge on any atom is -0.464 e. The van der Waals surface area contributed by atoms with Crippen LogP contribution >= 0.6 is 27.5 Å². The Labute approximate surface area is 126 Å². The third-order valence-corrected chi connectivity index (χ3v) is 4.64. The zero-order valence-corrected chi connectivity index (χ0v) is 13.2. The van der Waals surface area contributed by atoms with Crippen LogP contribution in [-0.4, -0.2) is 18.1 Å². The lowest BCUT2D eigenvalue weighted by Crippen LogP contribution is -2.45. The molecule has 1 aliphatic carbocycles. The molecule has 2 rings (SSSR count). The van der Waals surface area contributed by atoms with Gasteiger partial charge in [-0.25, -0.2) is 4.79 Å². The molecule has 0 aromatic heterocycles. The van der Waals surface area contributed by atoms with Gasteiger partial charge in [0.1, 0.15) is 5.54 Å².